The van der Waals surface area contributed by atoms with Crippen molar-refractivity contribution >= 4 is 0 Å². The van der Waals surface area contributed by atoms with Crippen molar-refractivity contribution in [3.8, 4) is 50.6 Å². The van der Waals surface area contributed by atoms with E-state index in [1.807, 2.05) is 57.2 Å². The first kappa shape index (κ1) is 22.5. The molecular formula is C30H30O3. The van der Waals surface area contributed by atoms with Crippen LogP contribution in [-0.2, 0) is 0 Å². The Labute approximate surface area is 196 Å². The molecule has 0 fully saturated rings. The van der Waals surface area contributed by atoms with Gasteiger partial charge in [-0.2, -0.15) is 0 Å². The van der Waals surface area contributed by atoms with Gasteiger partial charge in [-0.1, -0.05) is 36.4 Å². The van der Waals surface area contributed by atoms with Gasteiger partial charge in [0.15, 0.2) is 0 Å². The molecule has 0 aliphatic carbocycles. The van der Waals surface area contributed by atoms with E-state index in [2.05, 4.69) is 54.6 Å². The van der Waals surface area contributed by atoms with E-state index in [9.17, 15) is 0 Å². The third kappa shape index (κ3) is 5.56. The second-order valence-electron chi connectivity index (χ2n) is 7.67. The Morgan fingerprint density at radius 1 is 0.364 bits per heavy atom. The molecule has 0 aliphatic rings. The van der Waals surface area contributed by atoms with Crippen molar-refractivity contribution in [3.05, 3.63) is 91.0 Å². The molecule has 3 nitrogen and oxygen atoms in total. The third-order valence-electron chi connectivity index (χ3n) is 5.43. The smallest absolute Gasteiger partial charge is 0.119 e. The highest BCUT2D eigenvalue weighted by atomic mass is 16.5. The summed E-state index contributed by atoms with van der Waals surface area (Å²) in [5, 5.41) is 0. The van der Waals surface area contributed by atoms with Crippen LogP contribution >= 0.6 is 0 Å². The standard InChI is InChI=1S/C30H30O3/c1-4-31-28-13-7-22(8-14-28)25-19-26(23-9-15-29(16-10-23)32-5-2)21-27(20-25)24-11-17-30(18-12-24)33-6-3/h7-21H,4-6H2,1-3H3. The predicted octanol–water partition coefficient (Wildman–Crippen LogP) is 7.88. The molecule has 0 radical (unpaired) electrons. The zero-order valence-electron chi connectivity index (χ0n) is 19.5. The van der Waals surface area contributed by atoms with Gasteiger partial charge in [0.1, 0.15) is 17.2 Å². The van der Waals surface area contributed by atoms with Crippen LogP contribution in [0.4, 0.5) is 0 Å². The maximum atomic E-state index is 5.62. The van der Waals surface area contributed by atoms with Gasteiger partial charge in [0.05, 0.1) is 19.8 Å². The Morgan fingerprint density at radius 2 is 0.606 bits per heavy atom. The highest BCUT2D eigenvalue weighted by molar-refractivity contribution is 5.81. The molecule has 33 heavy (non-hydrogen) atoms. The summed E-state index contributed by atoms with van der Waals surface area (Å²) < 4.78 is 16.9. The van der Waals surface area contributed by atoms with Gasteiger partial charge in [-0.3, -0.25) is 0 Å². The van der Waals surface area contributed by atoms with Gasteiger partial charge in [-0.25, -0.2) is 0 Å². The van der Waals surface area contributed by atoms with E-state index in [1.54, 1.807) is 0 Å². The van der Waals surface area contributed by atoms with E-state index in [0.717, 1.165) is 50.6 Å². The number of hydrogen-bond acceptors (Lipinski definition) is 3. The van der Waals surface area contributed by atoms with Crippen LogP contribution in [0.25, 0.3) is 33.4 Å². The molecule has 0 saturated heterocycles. The fraction of sp³-hybridized carbons (Fsp3) is 0.200. The third-order valence-corrected chi connectivity index (χ3v) is 5.43. The summed E-state index contributed by atoms with van der Waals surface area (Å²) in [4.78, 5) is 0. The van der Waals surface area contributed by atoms with Gasteiger partial charge in [0, 0.05) is 0 Å². The first-order valence-corrected chi connectivity index (χ1v) is 11.5. The normalized spacial score (nSPS) is 10.6. The minimum Gasteiger partial charge on any atom is -0.494 e. The molecule has 0 bridgehead atoms. The summed E-state index contributed by atoms with van der Waals surface area (Å²) in [6, 6.07) is 31.6. The zero-order valence-corrected chi connectivity index (χ0v) is 19.5. The molecule has 0 N–H and O–H groups in total. The molecule has 0 spiro atoms. The number of hydrogen-bond donors (Lipinski definition) is 0. The van der Waals surface area contributed by atoms with Gasteiger partial charge in [-0.05, 0) is 109 Å². The largest absolute Gasteiger partial charge is 0.494 e. The van der Waals surface area contributed by atoms with Gasteiger partial charge in [-0.15, -0.1) is 0 Å². The quantitative estimate of drug-likeness (QED) is 0.266. The number of benzene rings is 4. The molecule has 168 valence electrons. The maximum absolute atomic E-state index is 5.62. The molecule has 4 rings (SSSR count). The topological polar surface area (TPSA) is 27.7 Å². The number of rotatable bonds is 9. The van der Waals surface area contributed by atoms with Crippen molar-refractivity contribution in [3.63, 3.8) is 0 Å². The minimum absolute atomic E-state index is 0.661. The van der Waals surface area contributed by atoms with Crippen LogP contribution in [-0.4, -0.2) is 19.8 Å². The van der Waals surface area contributed by atoms with E-state index in [4.69, 9.17) is 14.2 Å². The molecule has 4 aromatic rings. The molecule has 0 unspecified atom stereocenters. The lowest BCUT2D eigenvalue weighted by molar-refractivity contribution is 0.340. The molecule has 0 saturated carbocycles. The van der Waals surface area contributed by atoms with Gasteiger partial charge in [0.2, 0.25) is 0 Å². The van der Waals surface area contributed by atoms with Gasteiger partial charge >= 0.3 is 0 Å². The molecule has 0 amide bonds. The first-order valence-electron chi connectivity index (χ1n) is 11.5. The molecule has 3 heteroatoms. The Balaban J connectivity index is 1.76. The second kappa shape index (κ2) is 10.7. The van der Waals surface area contributed by atoms with E-state index in [1.165, 1.54) is 0 Å². The van der Waals surface area contributed by atoms with Crippen LogP contribution < -0.4 is 14.2 Å². The van der Waals surface area contributed by atoms with Gasteiger partial charge < -0.3 is 14.2 Å². The van der Waals surface area contributed by atoms with E-state index in [-0.39, 0.29) is 0 Å². The maximum Gasteiger partial charge on any atom is 0.119 e. The lowest BCUT2D eigenvalue weighted by Crippen LogP contribution is -1.92. The lowest BCUT2D eigenvalue weighted by Gasteiger charge is -2.13. The fourth-order valence-corrected chi connectivity index (χ4v) is 3.86. The highest BCUT2D eigenvalue weighted by Gasteiger charge is 2.09. The average molecular weight is 439 g/mol. The van der Waals surface area contributed by atoms with Crippen molar-refractivity contribution in [2.45, 2.75) is 20.8 Å². The van der Waals surface area contributed by atoms with Crippen LogP contribution in [0.3, 0.4) is 0 Å². The van der Waals surface area contributed by atoms with Crippen molar-refractivity contribution in [2.24, 2.45) is 0 Å². The monoisotopic (exact) mass is 438 g/mol. The summed E-state index contributed by atoms with van der Waals surface area (Å²) in [6.07, 6.45) is 0. The Morgan fingerprint density at radius 3 is 0.818 bits per heavy atom. The molecule has 0 atom stereocenters. The summed E-state index contributed by atoms with van der Waals surface area (Å²) >= 11 is 0. The van der Waals surface area contributed by atoms with Crippen LogP contribution in [0.5, 0.6) is 17.2 Å². The van der Waals surface area contributed by atoms with Crippen molar-refractivity contribution < 1.29 is 14.2 Å². The second-order valence-corrected chi connectivity index (χ2v) is 7.67. The molecule has 0 heterocycles. The Hall–Kier alpha value is -3.72. The molecular weight excluding hydrogens is 408 g/mol. The Bertz CT molecular complexity index is 997. The fourth-order valence-electron chi connectivity index (χ4n) is 3.86. The molecule has 0 aromatic heterocycles. The molecule has 4 aromatic carbocycles. The van der Waals surface area contributed by atoms with Crippen LogP contribution in [0.1, 0.15) is 20.8 Å². The zero-order chi connectivity index (χ0) is 23.0. The molecule has 0 aliphatic heterocycles. The lowest BCUT2D eigenvalue weighted by atomic mass is 9.93. The summed E-state index contributed by atoms with van der Waals surface area (Å²) in [7, 11) is 0. The van der Waals surface area contributed by atoms with E-state index >= 15 is 0 Å². The Kier molecular flexibility index (Phi) is 7.31. The van der Waals surface area contributed by atoms with Crippen LogP contribution in [0.15, 0.2) is 91.0 Å². The summed E-state index contributed by atoms with van der Waals surface area (Å²) in [5.74, 6) is 2.65. The number of ether oxygens (including phenoxy) is 3. The van der Waals surface area contributed by atoms with Crippen molar-refractivity contribution in [1.29, 1.82) is 0 Å². The van der Waals surface area contributed by atoms with Crippen molar-refractivity contribution in [1.82, 2.24) is 0 Å². The summed E-state index contributed by atoms with van der Waals surface area (Å²) in [5.41, 5.74) is 6.94. The van der Waals surface area contributed by atoms with Crippen LogP contribution in [0, 0.1) is 0 Å². The minimum atomic E-state index is 0.661. The predicted molar refractivity (Wildman–Crippen MR) is 136 cm³/mol. The first-order chi connectivity index (χ1) is 16.2. The summed E-state index contributed by atoms with van der Waals surface area (Å²) in [6.45, 7) is 7.98. The van der Waals surface area contributed by atoms with Crippen molar-refractivity contribution in [2.75, 3.05) is 19.8 Å². The van der Waals surface area contributed by atoms with Gasteiger partial charge in [0.25, 0.3) is 0 Å². The van der Waals surface area contributed by atoms with E-state index < -0.39 is 0 Å². The van der Waals surface area contributed by atoms with Crippen LogP contribution in [0.2, 0.25) is 0 Å². The SMILES string of the molecule is CCOc1ccc(-c2cc(-c3ccc(OCC)cc3)cc(-c3ccc(OCC)cc3)c2)cc1. The highest BCUT2D eigenvalue weighted by Crippen LogP contribution is 2.34. The average Bonchev–Trinajstić information content (AvgIpc) is 2.86. The van der Waals surface area contributed by atoms with E-state index in [0.29, 0.717) is 19.8 Å².